The third kappa shape index (κ3) is 9.30. The van der Waals surface area contributed by atoms with Gasteiger partial charge >= 0.3 is 19.7 Å². The Morgan fingerprint density at radius 3 is 2.50 bits per heavy atom. The molecule has 0 saturated carbocycles. The van der Waals surface area contributed by atoms with E-state index in [1.54, 1.807) is 41.5 Å². The number of esters is 1. The van der Waals surface area contributed by atoms with Crippen LogP contribution in [0.2, 0.25) is 0 Å². The zero-order valence-corrected chi connectivity index (χ0v) is 24.5. The van der Waals surface area contributed by atoms with Crippen LogP contribution in [0.25, 0.3) is 0 Å². The minimum atomic E-state index is -4.15. The van der Waals surface area contributed by atoms with Gasteiger partial charge in [-0.2, -0.15) is 0 Å². The summed E-state index contributed by atoms with van der Waals surface area (Å²) in [6, 6.07) is -1.66. The number of aliphatic hydroxyl groups is 2. The number of amides is 2. The smallest absolute Gasteiger partial charge is 0.406 e. The van der Waals surface area contributed by atoms with Gasteiger partial charge in [0.05, 0.1) is 25.4 Å². The van der Waals surface area contributed by atoms with Crippen LogP contribution in [0.3, 0.4) is 0 Å². The van der Waals surface area contributed by atoms with Crippen molar-refractivity contribution in [1.29, 1.82) is 0 Å². The summed E-state index contributed by atoms with van der Waals surface area (Å²) in [6.07, 6.45) is -1.78. The minimum absolute atomic E-state index is 0.0653. The highest BCUT2D eigenvalue weighted by Gasteiger charge is 2.46. The van der Waals surface area contributed by atoms with Crippen LogP contribution >= 0.6 is 19.5 Å². The number of nitrogens with one attached hydrogen (secondary N) is 2. The topological polar surface area (TPSA) is 173 Å². The molecule has 0 radical (unpaired) electrons. The number of thioether (sulfide) groups is 1. The number of rotatable bonds is 12. The highest BCUT2D eigenvalue weighted by atomic mass is 32.2. The first-order chi connectivity index (χ1) is 17.5. The first-order valence-corrected chi connectivity index (χ1v) is 14.9. The molecule has 2 aliphatic heterocycles. The normalized spacial score (nSPS) is 28.2. The Labute approximate surface area is 227 Å². The summed E-state index contributed by atoms with van der Waals surface area (Å²) < 4.78 is 35.6. The maximum atomic E-state index is 13.6. The Balaban J connectivity index is 2.06. The van der Waals surface area contributed by atoms with Gasteiger partial charge in [0.15, 0.2) is 5.12 Å². The van der Waals surface area contributed by atoms with Crippen LogP contribution in [0.4, 0.5) is 4.79 Å². The monoisotopic (exact) mass is 581 g/mol. The quantitative estimate of drug-likeness (QED) is 0.150. The Morgan fingerprint density at radius 1 is 1.26 bits per heavy atom. The van der Waals surface area contributed by atoms with E-state index in [0.717, 1.165) is 11.8 Å². The molecule has 2 aliphatic rings. The molecule has 1 unspecified atom stereocenters. The van der Waals surface area contributed by atoms with E-state index in [1.807, 2.05) is 0 Å². The molecule has 0 spiro atoms. The van der Waals surface area contributed by atoms with Crippen LogP contribution in [-0.2, 0) is 32.7 Å². The first-order valence-electron chi connectivity index (χ1n) is 12.4. The Morgan fingerprint density at radius 2 is 1.92 bits per heavy atom. The predicted octanol–water partition coefficient (Wildman–Crippen LogP) is 1.94. The van der Waals surface area contributed by atoms with Crippen molar-refractivity contribution >= 4 is 36.6 Å². The largest absolute Gasteiger partial charge is 0.462 e. The maximum absolute atomic E-state index is 13.6. The molecule has 15 heteroatoms. The van der Waals surface area contributed by atoms with Crippen LogP contribution in [0, 0.1) is 11.3 Å². The summed E-state index contributed by atoms with van der Waals surface area (Å²) in [7, 11) is -4.15. The number of hydrogen-bond acceptors (Lipinski definition) is 11. The summed E-state index contributed by atoms with van der Waals surface area (Å²) in [4.78, 5) is 37.9. The Bertz CT molecular complexity index is 928. The molecule has 38 heavy (non-hydrogen) atoms. The molecule has 2 amide bonds. The number of carbonyl (C=O) groups is 3. The van der Waals surface area contributed by atoms with Crippen LogP contribution in [-0.4, -0.2) is 88.0 Å². The lowest BCUT2D eigenvalue weighted by atomic mass is 10.00. The average molecular weight is 582 g/mol. The summed E-state index contributed by atoms with van der Waals surface area (Å²) >= 11 is 1.03. The molecule has 0 aliphatic carbocycles. The van der Waals surface area contributed by atoms with E-state index in [0.29, 0.717) is 0 Å². The predicted molar refractivity (Wildman–Crippen MR) is 140 cm³/mol. The molecule has 2 heterocycles. The van der Waals surface area contributed by atoms with Crippen molar-refractivity contribution in [2.75, 3.05) is 19.0 Å². The summed E-state index contributed by atoms with van der Waals surface area (Å²) in [5, 5.41) is 25.1. The van der Waals surface area contributed by atoms with Gasteiger partial charge in [-0.15, -0.1) is 0 Å². The van der Waals surface area contributed by atoms with Crippen molar-refractivity contribution < 1.29 is 47.7 Å². The molecule has 0 aromatic heterocycles. The van der Waals surface area contributed by atoms with Crippen molar-refractivity contribution in [3.05, 3.63) is 12.3 Å². The first kappa shape index (κ1) is 32.7. The summed E-state index contributed by atoms with van der Waals surface area (Å²) in [5.41, 5.74) is -0.556. The van der Waals surface area contributed by atoms with Gasteiger partial charge in [-0.05, 0) is 26.8 Å². The third-order valence-electron chi connectivity index (χ3n) is 5.55. The standard InChI is InChI=1S/C23H40N3O10PS/c1-13(2)35-20(29)15(4)25-37(32,33-10-11-38-21(30)23(5,6)7)34-12-16-18(28)14(3)19(36-16)26-9-8-17(27)24-22(26)31/h8-9,13-19,27-28H,10-12H2,1-7H3,(H,24,31)(H,25,32)/t14-,15+,16+,17?,18-,19+,37+/m0/s1. The summed E-state index contributed by atoms with van der Waals surface area (Å²) in [5.74, 6) is -1.03. The van der Waals surface area contributed by atoms with Crippen molar-refractivity contribution in [1.82, 2.24) is 15.3 Å². The van der Waals surface area contributed by atoms with Gasteiger partial charge in [0, 0.05) is 23.3 Å². The van der Waals surface area contributed by atoms with Crippen LogP contribution in [0.1, 0.15) is 48.5 Å². The molecule has 13 nitrogen and oxygen atoms in total. The molecule has 1 saturated heterocycles. The Kier molecular flexibility index (Phi) is 11.8. The van der Waals surface area contributed by atoms with E-state index in [1.165, 1.54) is 24.1 Å². The highest BCUT2D eigenvalue weighted by Crippen LogP contribution is 2.46. The van der Waals surface area contributed by atoms with Crippen LogP contribution in [0.15, 0.2) is 12.3 Å². The third-order valence-corrected chi connectivity index (χ3v) is 8.51. The van der Waals surface area contributed by atoms with Crippen molar-refractivity contribution in [2.24, 2.45) is 11.3 Å². The average Bonchev–Trinajstić information content (AvgIpc) is 3.08. The fourth-order valence-corrected chi connectivity index (χ4v) is 5.84. The molecule has 7 atom stereocenters. The number of nitrogens with zero attached hydrogens (tertiary/aromatic N) is 1. The van der Waals surface area contributed by atoms with E-state index in [-0.39, 0.29) is 17.5 Å². The lowest BCUT2D eigenvalue weighted by Gasteiger charge is -2.31. The number of carbonyl (C=O) groups excluding carboxylic acids is 3. The van der Waals surface area contributed by atoms with Crippen molar-refractivity contribution in [3.8, 4) is 0 Å². The molecule has 218 valence electrons. The van der Waals surface area contributed by atoms with Gasteiger partial charge in [-0.1, -0.05) is 39.5 Å². The van der Waals surface area contributed by atoms with Gasteiger partial charge < -0.3 is 25.0 Å². The molecular formula is C23H40N3O10PS. The molecule has 2 rings (SSSR count). The van der Waals surface area contributed by atoms with Gasteiger partial charge in [-0.3, -0.25) is 23.5 Å². The van der Waals surface area contributed by atoms with Crippen molar-refractivity contribution in [2.45, 2.75) is 85.3 Å². The second kappa shape index (κ2) is 13.7. The number of urea groups is 1. The van der Waals surface area contributed by atoms with Gasteiger partial charge in [0.25, 0.3) is 0 Å². The van der Waals surface area contributed by atoms with E-state index in [4.69, 9.17) is 18.5 Å². The summed E-state index contributed by atoms with van der Waals surface area (Å²) in [6.45, 7) is 11.3. The lowest BCUT2D eigenvalue weighted by molar-refractivity contribution is -0.149. The fraction of sp³-hybridized carbons (Fsp3) is 0.783. The van der Waals surface area contributed by atoms with E-state index in [9.17, 15) is 29.2 Å². The van der Waals surface area contributed by atoms with Crippen LogP contribution in [0.5, 0.6) is 0 Å². The van der Waals surface area contributed by atoms with E-state index >= 15 is 0 Å². The molecule has 1 fully saturated rings. The van der Waals surface area contributed by atoms with Crippen molar-refractivity contribution in [3.63, 3.8) is 0 Å². The molecule has 0 bridgehead atoms. The zero-order valence-electron chi connectivity index (χ0n) is 22.8. The number of hydrogen-bond donors (Lipinski definition) is 4. The van der Waals surface area contributed by atoms with Gasteiger partial charge in [-0.25, -0.2) is 14.4 Å². The Hall–Kier alpha value is -1.51. The van der Waals surface area contributed by atoms with E-state index in [2.05, 4.69) is 10.4 Å². The van der Waals surface area contributed by atoms with Crippen LogP contribution < -0.4 is 10.4 Å². The second-order valence-corrected chi connectivity index (χ2v) is 13.2. The lowest BCUT2D eigenvalue weighted by Crippen LogP contribution is -2.51. The molecule has 0 aromatic carbocycles. The molecular weight excluding hydrogens is 541 g/mol. The molecule has 0 aromatic rings. The zero-order chi connectivity index (χ0) is 28.8. The minimum Gasteiger partial charge on any atom is -0.462 e. The van der Waals surface area contributed by atoms with Gasteiger partial charge in [0.1, 0.15) is 24.6 Å². The highest BCUT2D eigenvalue weighted by molar-refractivity contribution is 8.13. The SMILES string of the molecule is CC(C)OC(=O)[C@@H](C)N[P@@](=O)(OCCSC(=O)C(C)(C)C)OC[C@H]1O[C@@H](N2C=CC(O)NC2=O)[C@@H](C)[C@@H]1O. The number of ether oxygens (including phenoxy) is 2. The van der Waals surface area contributed by atoms with Gasteiger partial charge in [0.2, 0.25) is 0 Å². The van der Waals surface area contributed by atoms with E-state index < -0.39 is 74.5 Å². The molecule has 4 N–H and O–H groups in total. The fourth-order valence-electron chi connectivity index (χ4n) is 3.45. The second-order valence-electron chi connectivity index (χ2n) is 10.4. The maximum Gasteiger partial charge on any atom is 0.406 e. The number of aliphatic hydroxyl groups excluding tert-OH is 2.